The van der Waals surface area contributed by atoms with Crippen molar-refractivity contribution < 1.29 is 9.53 Å². The molecule has 2 aromatic carbocycles. The zero-order chi connectivity index (χ0) is 18.6. The molecule has 0 unspecified atom stereocenters. The second kappa shape index (κ2) is 11.3. The normalized spacial score (nSPS) is 10.5. The first-order valence-corrected chi connectivity index (χ1v) is 9.81. The van der Waals surface area contributed by atoms with Crippen LogP contribution in [0.3, 0.4) is 0 Å². The van der Waals surface area contributed by atoms with E-state index < -0.39 is 0 Å². The number of aryl methyl sites for hydroxylation is 1. The van der Waals surface area contributed by atoms with E-state index >= 15 is 0 Å². The Kier molecular flexibility index (Phi) is 8.74. The molecule has 2 aromatic rings. The lowest BCUT2D eigenvalue weighted by molar-refractivity contribution is 0.0526. The van der Waals surface area contributed by atoms with Crippen molar-refractivity contribution in [3.63, 3.8) is 0 Å². The van der Waals surface area contributed by atoms with E-state index in [1.54, 1.807) is 12.1 Å². The van der Waals surface area contributed by atoms with Crippen LogP contribution in [0.5, 0.6) is 0 Å². The van der Waals surface area contributed by atoms with Crippen LogP contribution in [0.15, 0.2) is 48.5 Å². The van der Waals surface area contributed by atoms with Gasteiger partial charge in [0.25, 0.3) is 0 Å². The number of rotatable bonds is 11. The number of anilines is 1. The van der Waals surface area contributed by atoms with Crippen LogP contribution in [0.25, 0.3) is 0 Å². The van der Waals surface area contributed by atoms with Crippen molar-refractivity contribution in [1.29, 1.82) is 0 Å². The van der Waals surface area contributed by atoms with E-state index in [9.17, 15) is 4.79 Å². The predicted molar refractivity (Wildman–Crippen MR) is 109 cm³/mol. The largest absolute Gasteiger partial charge is 0.462 e. The third kappa shape index (κ3) is 6.91. The molecule has 3 nitrogen and oxygen atoms in total. The minimum Gasteiger partial charge on any atom is -0.462 e. The van der Waals surface area contributed by atoms with Crippen LogP contribution >= 0.6 is 0 Å². The van der Waals surface area contributed by atoms with Gasteiger partial charge in [-0.1, -0.05) is 56.9 Å². The van der Waals surface area contributed by atoms with E-state index in [-0.39, 0.29) is 5.97 Å². The summed E-state index contributed by atoms with van der Waals surface area (Å²) in [7, 11) is 0. The molecular weight excluding hydrogens is 322 g/mol. The third-order valence-corrected chi connectivity index (χ3v) is 4.48. The van der Waals surface area contributed by atoms with Gasteiger partial charge in [-0.05, 0) is 55.2 Å². The summed E-state index contributed by atoms with van der Waals surface area (Å²) < 4.78 is 5.00. The Morgan fingerprint density at radius 2 is 1.50 bits per heavy atom. The van der Waals surface area contributed by atoms with E-state index in [2.05, 4.69) is 36.5 Å². The van der Waals surface area contributed by atoms with Gasteiger partial charge in [0.05, 0.1) is 12.2 Å². The molecule has 0 saturated heterocycles. The third-order valence-electron chi connectivity index (χ3n) is 4.48. The van der Waals surface area contributed by atoms with E-state index in [0.717, 1.165) is 12.2 Å². The van der Waals surface area contributed by atoms with E-state index in [1.165, 1.54) is 49.7 Å². The van der Waals surface area contributed by atoms with Crippen LogP contribution in [-0.4, -0.2) is 12.6 Å². The Morgan fingerprint density at radius 1 is 0.846 bits per heavy atom. The number of esters is 1. The lowest BCUT2D eigenvalue weighted by atomic mass is 10.0. The van der Waals surface area contributed by atoms with Crippen molar-refractivity contribution >= 4 is 11.7 Å². The average Bonchev–Trinajstić information content (AvgIpc) is 2.68. The first-order valence-electron chi connectivity index (χ1n) is 9.81. The van der Waals surface area contributed by atoms with Crippen LogP contribution in [0.4, 0.5) is 5.69 Å². The van der Waals surface area contributed by atoms with Crippen molar-refractivity contribution in [3.8, 4) is 0 Å². The summed E-state index contributed by atoms with van der Waals surface area (Å²) in [6, 6.07) is 16.3. The molecule has 0 aliphatic rings. The molecule has 0 saturated carbocycles. The number of hydrogen-bond acceptors (Lipinski definition) is 3. The number of unbranched alkanes of at least 4 members (excludes halogenated alkanes) is 4. The minimum atomic E-state index is -0.274. The Bertz CT molecular complexity index is 647. The standard InChI is InChI=1S/C23H31NO2/c1-3-5-6-7-8-9-19-10-12-20(13-11-19)18-24-22-16-14-21(15-17-22)23(25)26-4-2/h10-17,24H,3-9,18H2,1-2H3. The van der Waals surface area contributed by atoms with Crippen LogP contribution in [0, 0.1) is 0 Å². The topological polar surface area (TPSA) is 38.3 Å². The maximum absolute atomic E-state index is 11.7. The molecule has 0 spiro atoms. The molecular formula is C23H31NO2. The van der Waals surface area contributed by atoms with Gasteiger partial charge in [-0.3, -0.25) is 0 Å². The van der Waals surface area contributed by atoms with Crippen LogP contribution in [0.2, 0.25) is 0 Å². The predicted octanol–water partition coefficient (Wildman–Crippen LogP) is 5.99. The number of hydrogen-bond donors (Lipinski definition) is 1. The van der Waals surface area contributed by atoms with E-state index in [0.29, 0.717) is 12.2 Å². The summed E-state index contributed by atoms with van der Waals surface area (Å²) in [6.45, 7) is 5.23. The Labute approximate surface area is 157 Å². The summed E-state index contributed by atoms with van der Waals surface area (Å²) in [6.07, 6.45) is 7.79. The van der Waals surface area contributed by atoms with Crippen molar-refractivity contribution in [2.45, 2.75) is 58.9 Å². The molecule has 1 N–H and O–H groups in total. The summed E-state index contributed by atoms with van der Waals surface area (Å²) in [5.41, 5.74) is 4.26. The van der Waals surface area contributed by atoms with Gasteiger partial charge < -0.3 is 10.1 Å². The van der Waals surface area contributed by atoms with Gasteiger partial charge in [-0.15, -0.1) is 0 Å². The van der Waals surface area contributed by atoms with Gasteiger partial charge in [-0.25, -0.2) is 4.79 Å². The zero-order valence-electron chi connectivity index (χ0n) is 16.1. The fourth-order valence-corrected chi connectivity index (χ4v) is 2.90. The highest BCUT2D eigenvalue weighted by molar-refractivity contribution is 5.89. The lowest BCUT2D eigenvalue weighted by Gasteiger charge is -2.09. The van der Waals surface area contributed by atoms with Crippen molar-refractivity contribution in [2.75, 3.05) is 11.9 Å². The molecule has 0 atom stereocenters. The van der Waals surface area contributed by atoms with E-state index in [1.807, 2.05) is 19.1 Å². The molecule has 3 heteroatoms. The molecule has 0 aliphatic heterocycles. The lowest BCUT2D eigenvalue weighted by Crippen LogP contribution is -2.05. The second-order valence-corrected chi connectivity index (χ2v) is 6.63. The molecule has 0 bridgehead atoms. The monoisotopic (exact) mass is 353 g/mol. The van der Waals surface area contributed by atoms with Gasteiger partial charge in [-0.2, -0.15) is 0 Å². The molecule has 0 radical (unpaired) electrons. The molecule has 0 aliphatic carbocycles. The Hall–Kier alpha value is -2.29. The number of nitrogens with one attached hydrogen (secondary N) is 1. The zero-order valence-corrected chi connectivity index (χ0v) is 16.1. The summed E-state index contributed by atoms with van der Waals surface area (Å²) in [4.78, 5) is 11.7. The maximum Gasteiger partial charge on any atom is 0.338 e. The highest BCUT2D eigenvalue weighted by Crippen LogP contribution is 2.14. The summed E-state index contributed by atoms with van der Waals surface area (Å²) in [5.74, 6) is -0.274. The fourth-order valence-electron chi connectivity index (χ4n) is 2.90. The second-order valence-electron chi connectivity index (χ2n) is 6.63. The molecule has 0 amide bonds. The van der Waals surface area contributed by atoms with Crippen molar-refractivity contribution in [1.82, 2.24) is 0 Å². The maximum atomic E-state index is 11.7. The van der Waals surface area contributed by atoms with Crippen LogP contribution < -0.4 is 5.32 Å². The SMILES string of the molecule is CCCCCCCc1ccc(CNc2ccc(C(=O)OCC)cc2)cc1. The molecule has 0 aromatic heterocycles. The van der Waals surface area contributed by atoms with Crippen LogP contribution in [0.1, 0.15) is 67.4 Å². The van der Waals surface area contributed by atoms with E-state index in [4.69, 9.17) is 4.74 Å². The number of carbonyl (C=O) groups is 1. The number of carbonyl (C=O) groups excluding carboxylic acids is 1. The van der Waals surface area contributed by atoms with Gasteiger partial charge in [0, 0.05) is 12.2 Å². The molecule has 0 fully saturated rings. The number of ether oxygens (including phenoxy) is 1. The van der Waals surface area contributed by atoms with Gasteiger partial charge in [0.15, 0.2) is 0 Å². The van der Waals surface area contributed by atoms with Gasteiger partial charge in [0.2, 0.25) is 0 Å². The van der Waals surface area contributed by atoms with Crippen molar-refractivity contribution in [3.05, 3.63) is 65.2 Å². The molecule has 0 heterocycles. The highest BCUT2D eigenvalue weighted by Gasteiger charge is 2.05. The summed E-state index contributed by atoms with van der Waals surface area (Å²) >= 11 is 0. The molecule has 2 rings (SSSR count). The molecule has 26 heavy (non-hydrogen) atoms. The van der Waals surface area contributed by atoms with Gasteiger partial charge in [0.1, 0.15) is 0 Å². The first-order chi connectivity index (χ1) is 12.7. The van der Waals surface area contributed by atoms with Gasteiger partial charge >= 0.3 is 5.97 Å². The summed E-state index contributed by atoms with van der Waals surface area (Å²) in [5, 5.41) is 3.39. The quantitative estimate of drug-likeness (QED) is 0.398. The molecule has 140 valence electrons. The highest BCUT2D eigenvalue weighted by atomic mass is 16.5. The minimum absolute atomic E-state index is 0.274. The fraction of sp³-hybridized carbons (Fsp3) is 0.435. The Morgan fingerprint density at radius 3 is 2.15 bits per heavy atom. The Balaban J connectivity index is 1.76. The van der Waals surface area contributed by atoms with Crippen LogP contribution in [-0.2, 0) is 17.7 Å². The number of benzene rings is 2. The van der Waals surface area contributed by atoms with Crippen molar-refractivity contribution in [2.24, 2.45) is 0 Å². The smallest absolute Gasteiger partial charge is 0.338 e. The first kappa shape index (κ1) is 20.0. The average molecular weight is 354 g/mol.